The van der Waals surface area contributed by atoms with Crippen LogP contribution in [0.5, 0.6) is 5.75 Å². The summed E-state index contributed by atoms with van der Waals surface area (Å²) in [5, 5.41) is 16.2. The molecule has 5 rings (SSSR count). The van der Waals surface area contributed by atoms with E-state index in [1.165, 1.54) is 29.5 Å². The molecule has 5 heteroatoms. The molecular weight excluding hydrogens is 328 g/mol. The molecule has 0 radical (unpaired) electrons. The Balaban J connectivity index is 1.62. The summed E-state index contributed by atoms with van der Waals surface area (Å²) in [6.45, 7) is 0. The molecule has 1 aliphatic heterocycles. The number of aromatic hydroxyl groups is 1. The first-order valence-corrected chi connectivity index (χ1v) is 8.43. The second-order valence-electron chi connectivity index (χ2n) is 6.55. The van der Waals surface area contributed by atoms with Crippen LogP contribution in [0.15, 0.2) is 53.6 Å². The summed E-state index contributed by atoms with van der Waals surface area (Å²) in [7, 11) is 0. The Kier molecular flexibility index (Phi) is 3.00. The molecule has 126 valence electrons. The van der Waals surface area contributed by atoms with Crippen LogP contribution in [0.25, 0.3) is 10.8 Å². The fourth-order valence-electron chi connectivity index (χ4n) is 3.80. The quantitative estimate of drug-likeness (QED) is 0.574. The number of phenolic OH excluding ortho intramolecular Hbond substituents is 1. The lowest BCUT2D eigenvalue weighted by Gasteiger charge is -2.23. The smallest absolute Gasteiger partial charge is 0.282 e. The number of rotatable bonds is 2. The van der Waals surface area contributed by atoms with Gasteiger partial charge in [0.05, 0.1) is 17.3 Å². The summed E-state index contributed by atoms with van der Waals surface area (Å²) < 4.78 is 0. The predicted octanol–water partition coefficient (Wildman–Crippen LogP) is 3.27. The molecule has 0 saturated carbocycles. The number of imide groups is 1. The average Bonchev–Trinajstić information content (AvgIpc) is 3.08. The highest BCUT2D eigenvalue weighted by Gasteiger charge is 2.34. The first kappa shape index (κ1) is 14.8. The van der Waals surface area contributed by atoms with E-state index in [9.17, 15) is 14.7 Å². The van der Waals surface area contributed by atoms with Crippen LogP contribution in [0, 0.1) is 0 Å². The molecule has 26 heavy (non-hydrogen) atoms. The number of nitrogens with zero attached hydrogens (tertiary/aromatic N) is 2. The van der Waals surface area contributed by atoms with Gasteiger partial charge in [-0.1, -0.05) is 12.1 Å². The number of amides is 2. The summed E-state index contributed by atoms with van der Waals surface area (Å²) in [6.07, 6.45) is 3.33. The van der Waals surface area contributed by atoms with Gasteiger partial charge in [-0.3, -0.25) is 9.59 Å². The zero-order valence-corrected chi connectivity index (χ0v) is 13.8. The van der Waals surface area contributed by atoms with Crippen molar-refractivity contribution in [3.8, 4) is 5.75 Å². The Morgan fingerprint density at radius 1 is 0.808 bits per heavy atom. The Hall–Kier alpha value is -3.47. The van der Waals surface area contributed by atoms with Crippen LogP contribution in [0.2, 0.25) is 0 Å². The van der Waals surface area contributed by atoms with Crippen LogP contribution in [-0.2, 0) is 12.8 Å². The van der Waals surface area contributed by atoms with Crippen molar-refractivity contribution in [3.05, 3.63) is 76.3 Å². The number of hydrazone groups is 1. The molecule has 3 aromatic carbocycles. The first-order chi connectivity index (χ1) is 12.6. The number of carbonyl (C=O) groups excluding carboxylic acids is 2. The van der Waals surface area contributed by atoms with Crippen molar-refractivity contribution in [3.63, 3.8) is 0 Å². The normalized spacial score (nSPS) is 15.5. The highest BCUT2D eigenvalue weighted by Crippen LogP contribution is 2.38. The zero-order chi connectivity index (χ0) is 17.8. The number of phenols is 1. The maximum atomic E-state index is 12.9. The van der Waals surface area contributed by atoms with Crippen molar-refractivity contribution >= 4 is 28.8 Å². The summed E-state index contributed by atoms with van der Waals surface area (Å²) in [5.74, 6) is -0.675. The second-order valence-corrected chi connectivity index (χ2v) is 6.55. The Morgan fingerprint density at radius 3 is 1.96 bits per heavy atom. The van der Waals surface area contributed by atoms with Crippen molar-refractivity contribution < 1.29 is 14.7 Å². The minimum absolute atomic E-state index is 0.144. The molecule has 0 bridgehead atoms. The van der Waals surface area contributed by atoms with Crippen molar-refractivity contribution in [1.29, 1.82) is 0 Å². The predicted molar refractivity (Wildman–Crippen MR) is 97.6 cm³/mol. The van der Waals surface area contributed by atoms with Gasteiger partial charge in [0, 0.05) is 5.39 Å². The summed E-state index contributed by atoms with van der Waals surface area (Å²) in [5.41, 5.74) is 4.11. The average molecular weight is 342 g/mol. The van der Waals surface area contributed by atoms with E-state index in [1.54, 1.807) is 24.3 Å². The monoisotopic (exact) mass is 342 g/mol. The van der Waals surface area contributed by atoms with Crippen molar-refractivity contribution in [2.45, 2.75) is 12.8 Å². The standard InChI is InChI=1S/C21H14N2O3/c24-15-7-1-12(2-8-15)11-22-23-20(25)16-9-5-13-3-4-14-6-10-17(21(23)26)19(16)18(13)14/h1-2,5-11,24H,3-4H2/b22-11+. The van der Waals surface area contributed by atoms with Gasteiger partial charge in [-0.15, -0.1) is 0 Å². The van der Waals surface area contributed by atoms with Crippen LogP contribution in [0.4, 0.5) is 0 Å². The molecule has 0 aromatic heterocycles. The van der Waals surface area contributed by atoms with E-state index in [0.29, 0.717) is 16.7 Å². The van der Waals surface area contributed by atoms with Gasteiger partial charge in [0.1, 0.15) is 5.75 Å². The highest BCUT2D eigenvalue weighted by atomic mass is 16.3. The Bertz CT molecular complexity index is 1070. The van der Waals surface area contributed by atoms with E-state index in [2.05, 4.69) is 5.10 Å². The fraction of sp³-hybridized carbons (Fsp3) is 0.0952. The number of carbonyl (C=O) groups is 2. The van der Waals surface area contributed by atoms with Crippen LogP contribution < -0.4 is 0 Å². The lowest BCUT2D eigenvalue weighted by Crippen LogP contribution is -2.36. The lowest BCUT2D eigenvalue weighted by atomic mass is 9.92. The molecular formula is C21H14N2O3. The van der Waals surface area contributed by atoms with Gasteiger partial charge >= 0.3 is 0 Å². The van der Waals surface area contributed by atoms with E-state index in [4.69, 9.17) is 0 Å². The lowest BCUT2D eigenvalue weighted by molar-refractivity contribution is 0.0616. The van der Waals surface area contributed by atoms with Gasteiger partial charge in [-0.25, -0.2) is 0 Å². The summed E-state index contributed by atoms with van der Waals surface area (Å²) >= 11 is 0. The highest BCUT2D eigenvalue weighted by molar-refractivity contribution is 6.26. The molecule has 0 atom stereocenters. The van der Waals surface area contributed by atoms with E-state index in [1.807, 2.05) is 12.1 Å². The largest absolute Gasteiger partial charge is 0.508 e. The molecule has 0 spiro atoms. The van der Waals surface area contributed by atoms with Crippen molar-refractivity contribution in [2.24, 2.45) is 5.10 Å². The Labute approximate surface area is 149 Å². The molecule has 1 aliphatic carbocycles. The molecule has 0 saturated heterocycles. The van der Waals surface area contributed by atoms with Crippen molar-refractivity contribution in [1.82, 2.24) is 5.01 Å². The molecule has 2 aliphatic rings. The third kappa shape index (κ3) is 2.00. The molecule has 0 fully saturated rings. The number of hydrogen-bond donors (Lipinski definition) is 1. The molecule has 2 amide bonds. The first-order valence-electron chi connectivity index (χ1n) is 8.43. The Morgan fingerprint density at radius 2 is 1.38 bits per heavy atom. The van der Waals surface area contributed by atoms with Crippen LogP contribution in [-0.4, -0.2) is 28.1 Å². The summed E-state index contributed by atoms with van der Waals surface area (Å²) in [4.78, 5) is 25.8. The molecule has 5 nitrogen and oxygen atoms in total. The van der Waals surface area contributed by atoms with E-state index < -0.39 is 11.8 Å². The van der Waals surface area contributed by atoms with E-state index in [-0.39, 0.29) is 5.75 Å². The van der Waals surface area contributed by atoms with E-state index in [0.717, 1.165) is 28.6 Å². The third-order valence-corrected chi connectivity index (χ3v) is 5.06. The van der Waals surface area contributed by atoms with Gasteiger partial charge in [-0.2, -0.15) is 10.1 Å². The van der Waals surface area contributed by atoms with Crippen molar-refractivity contribution in [2.75, 3.05) is 0 Å². The maximum absolute atomic E-state index is 12.9. The number of aryl methyl sites for hydroxylation is 2. The van der Waals surface area contributed by atoms with Crippen LogP contribution in [0.1, 0.15) is 37.4 Å². The minimum Gasteiger partial charge on any atom is -0.508 e. The van der Waals surface area contributed by atoms with Gasteiger partial charge in [-0.05, 0) is 71.3 Å². The SMILES string of the molecule is O=C1c2ccc3c4c(ccc(c24)C(=O)N1/N=C/c1ccc(O)cc1)CC3. The van der Waals surface area contributed by atoms with Crippen LogP contribution in [0.3, 0.4) is 0 Å². The van der Waals surface area contributed by atoms with Gasteiger partial charge in [0.15, 0.2) is 0 Å². The third-order valence-electron chi connectivity index (χ3n) is 5.06. The van der Waals surface area contributed by atoms with Crippen LogP contribution >= 0.6 is 0 Å². The van der Waals surface area contributed by atoms with Gasteiger partial charge in [0.2, 0.25) is 0 Å². The minimum atomic E-state index is -0.409. The second kappa shape index (κ2) is 5.26. The molecule has 0 unspecified atom stereocenters. The maximum Gasteiger partial charge on any atom is 0.282 e. The molecule has 1 N–H and O–H groups in total. The van der Waals surface area contributed by atoms with E-state index >= 15 is 0 Å². The van der Waals surface area contributed by atoms with Gasteiger partial charge < -0.3 is 5.11 Å². The fourth-order valence-corrected chi connectivity index (χ4v) is 3.80. The zero-order valence-electron chi connectivity index (χ0n) is 13.8. The topological polar surface area (TPSA) is 70.0 Å². The number of hydrogen-bond acceptors (Lipinski definition) is 4. The number of benzene rings is 3. The summed E-state index contributed by atoms with van der Waals surface area (Å²) in [6, 6.07) is 13.9. The molecule has 1 heterocycles. The van der Waals surface area contributed by atoms with Gasteiger partial charge in [0.25, 0.3) is 11.8 Å². The molecule has 3 aromatic rings.